The van der Waals surface area contributed by atoms with Gasteiger partial charge in [0.1, 0.15) is 0 Å². The quantitative estimate of drug-likeness (QED) is 0.647. The fraction of sp³-hybridized carbons (Fsp3) is 0.235. The highest BCUT2D eigenvalue weighted by molar-refractivity contribution is 7.92. The summed E-state index contributed by atoms with van der Waals surface area (Å²) in [6.07, 6.45) is -5.45. The third-order valence-electron chi connectivity index (χ3n) is 3.49. The lowest BCUT2D eigenvalue weighted by atomic mass is 10.2. The summed E-state index contributed by atoms with van der Waals surface area (Å²) in [6.45, 7) is 1.37. The Hall–Kier alpha value is -2.30. The molecule has 0 aliphatic rings. The van der Waals surface area contributed by atoms with Crippen molar-refractivity contribution in [2.75, 3.05) is 11.3 Å². The number of rotatable bonds is 6. The largest absolute Gasteiger partial charge is 0.416 e. The number of carbonyl (C=O) groups is 1. The van der Waals surface area contributed by atoms with Crippen molar-refractivity contribution in [1.29, 1.82) is 0 Å². The highest BCUT2D eigenvalue weighted by Gasteiger charge is 2.30. The summed E-state index contributed by atoms with van der Waals surface area (Å²) >= 11 is 5.92. The van der Waals surface area contributed by atoms with Gasteiger partial charge in [-0.15, -0.1) is 0 Å². The number of anilines is 1. The fourth-order valence-electron chi connectivity index (χ4n) is 2.15. The molecule has 2 aromatic rings. The summed E-state index contributed by atoms with van der Waals surface area (Å²) < 4.78 is 65.4. The van der Waals surface area contributed by atoms with Gasteiger partial charge in [0, 0.05) is 12.2 Å². The van der Waals surface area contributed by atoms with Gasteiger partial charge in [-0.3, -0.25) is 9.52 Å². The predicted molar refractivity (Wildman–Crippen MR) is 97.7 cm³/mol. The minimum atomic E-state index is -4.63. The molecule has 11 heteroatoms. The first-order valence-electron chi connectivity index (χ1n) is 7.86. The van der Waals surface area contributed by atoms with Crippen molar-refractivity contribution in [3.63, 3.8) is 0 Å². The maximum atomic E-state index is 12.8. The van der Waals surface area contributed by atoms with Gasteiger partial charge in [0.2, 0.25) is 0 Å². The van der Waals surface area contributed by atoms with E-state index in [-0.39, 0.29) is 27.7 Å². The topological polar surface area (TPSA) is 95.5 Å². The molecule has 0 spiro atoms. The number of halogens is 4. The van der Waals surface area contributed by atoms with Gasteiger partial charge in [0.15, 0.2) is 0 Å². The molecule has 0 aromatic heterocycles. The van der Waals surface area contributed by atoms with Crippen LogP contribution in [0.3, 0.4) is 0 Å². The van der Waals surface area contributed by atoms with Crippen LogP contribution in [0.25, 0.3) is 0 Å². The van der Waals surface area contributed by atoms with E-state index >= 15 is 0 Å². The SMILES string of the molecule is CC(O)CNC(=O)c1cc(S(=O)(=O)Nc2cccc(C(F)(F)F)c2)ccc1Cl. The van der Waals surface area contributed by atoms with Crippen LogP contribution in [0.2, 0.25) is 5.02 Å². The minimum absolute atomic E-state index is 0.0267. The summed E-state index contributed by atoms with van der Waals surface area (Å²) in [5.41, 5.74) is -1.46. The fourth-order valence-corrected chi connectivity index (χ4v) is 3.43. The van der Waals surface area contributed by atoms with Crippen LogP contribution in [0.15, 0.2) is 47.4 Å². The average Bonchev–Trinajstić information content (AvgIpc) is 2.59. The van der Waals surface area contributed by atoms with Crippen LogP contribution in [0.1, 0.15) is 22.8 Å². The van der Waals surface area contributed by atoms with Gasteiger partial charge >= 0.3 is 6.18 Å². The van der Waals surface area contributed by atoms with Crippen LogP contribution in [0, 0.1) is 0 Å². The normalized spacial score (nSPS) is 13.1. The number of alkyl halides is 3. The molecule has 0 bridgehead atoms. The Balaban J connectivity index is 2.31. The zero-order chi connectivity index (χ0) is 21.1. The molecular formula is C17H16ClF3N2O4S. The first-order valence-corrected chi connectivity index (χ1v) is 9.72. The molecule has 152 valence electrons. The summed E-state index contributed by atoms with van der Waals surface area (Å²) in [5, 5.41) is 11.6. The van der Waals surface area contributed by atoms with E-state index in [1.165, 1.54) is 19.1 Å². The van der Waals surface area contributed by atoms with Crippen molar-refractivity contribution in [2.45, 2.75) is 24.1 Å². The summed E-state index contributed by atoms with van der Waals surface area (Å²) in [4.78, 5) is 11.8. The number of amides is 1. The molecule has 0 saturated carbocycles. The van der Waals surface area contributed by atoms with Gasteiger partial charge in [-0.25, -0.2) is 8.42 Å². The average molecular weight is 437 g/mol. The lowest BCUT2D eigenvalue weighted by Gasteiger charge is -2.13. The molecular weight excluding hydrogens is 421 g/mol. The Morgan fingerprint density at radius 1 is 1.21 bits per heavy atom. The smallest absolute Gasteiger partial charge is 0.392 e. The lowest BCUT2D eigenvalue weighted by molar-refractivity contribution is -0.137. The molecule has 1 amide bonds. The molecule has 1 atom stereocenters. The van der Waals surface area contributed by atoms with Crippen molar-refractivity contribution in [1.82, 2.24) is 5.32 Å². The van der Waals surface area contributed by atoms with Crippen LogP contribution in [-0.4, -0.2) is 32.1 Å². The second kappa shape index (κ2) is 8.38. The predicted octanol–water partition coefficient (Wildman–Crippen LogP) is 3.27. The number of hydrogen-bond donors (Lipinski definition) is 3. The van der Waals surface area contributed by atoms with Gasteiger partial charge < -0.3 is 10.4 Å². The van der Waals surface area contributed by atoms with Crippen molar-refractivity contribution in [2.24, 2.45) is 0 Å². The summed E-state index contributed by atoms with van der Waals surface area (Å²) in [6, 6.07) is 6.99. The van der Waals surface area contributed by atoms with Crippen LogP contribution >= 0.6 is 11.6 Å². The molecule has 0 heterocycles. The maximum absolute atomic E-state index is 12.8. The maximum Gasteiger partial charge on any atom is 0.416 e. The Labute approximate surface area is 164 Å². The van der Waals surface area contributed by atoms with Gasteiger partial charge in [0.25, 0.3) is 15.9 Å². The molecule has 0 radical (unpaired) electrons. The molecule has 2 rings (SSSR count). The van der Waals surface area contributed by atoms with E-state index in [1.807, 2.05) is 4.72 Å². The Bertz CT molecular complexity index is 979. The summed E-state index contributed by atoms with van der Waals surface area (Å²) in [7, 11) is -4.29. The minimum Gasteiger partial charge on any atom is -0.392 e. The second-order valence-corrected chi connectivity index (χ2v) is 7.97. The zero-order valence-corrected chi connectivity index (χ0v) is 16.0. The molecule has 1 unspecified atom stereocenters. The third-order valence-corrected chi connectivity index (χ3v) is 5.20. The molecule has 0 aliphatic carbocycles. The number of nitrogens with one attached hydrogen (secondary N) is 2. The molecule has 0 aliphatic heterocycles. The van der Waals surface area contributed by atoms with E-state index in [4.69, 9.17) is 11.6 Å². The van der Waals surface area contributed by atoms with Gasteiger partial charge in [-0.2, -0.15) is 13.2 Å². The molecule has 0 saturated heterocycles. The van der Waals surface area contributed by atoms with Gasteiger partial charge in [-0.1, -0.05) is 17.7 Å². The Morgan fingerprint density at radius 3 is 2.50 bits per heavy atom. The van der Waals surface area contributed by atoms with Crippen LogP contribution < -0.4 is 10.0 Å². The molecule has 0 fully saturated rings. The molecule has 3 N–H and O–H groups in total. The van der Waals surface area contributed by atoms with E-state index in [0.717, 1.165) is 24.3 Å². The first-order chi connectivity index (χ1) is 12.9. The highest BCUT2D eigenvalue weighted by atomic mass is 35.5. The van der Waals surface area contributed by atoms with Crippen molar-refractivity contribution >= 4 is 33.2 Å². The van der Waals surface area contributed by atoms with Gasteiger partial charge in [0.05, 0.1) is 27.1 Å². The molecule has 28 heavy (non-hydrogen) atoms. The van der Waals surface area contributed by atoms with E-state index in [9.17, 15) is 31.5 Å². The monoisotopic (exact) mass is 436 g/mol. The number of sulfonamides is 1. The zero-order valence-electron chi connectivity index (χ0n) is 14.4. The van der Waals surface area contributed by atoms with Gasteiger partial charge in [-0.05, 0) is 43.3 Å². The van der Waals surface area contributed by atoms with Crippen LogP contribution in [0.4, 0.5) is 18.9 Å². The van der Waals surface area contributed by atoms with E-state index in [2.05, 4.69) is 5.32 Å². The lowest BCUT2D eigenvalue weighted by Crippen LogP contribution is -2.30. The standard InChI is InChI=1S/C17H16ClF3N2O4S/c1-10(24)9-22-16(25)14-8-13(5-6-15(14)18)28(26,27)23-12-4-2-3-11(7-12)17(19,20)21/h2-8,10,23-24H,9H2,1H3,(H,22,25). The second-order valence-electron chi connectivity index (χ2n) is 5.88. The molecule has 6 nitrogen and oxygen atoms in total. The van der Waals surface area contributed by atoms with Crippen molar-refractivity contribution in [3.8, 4) is 0 Å². The van der Waals surface area contributed by atoms with Crippen LogP contribution in [-0.2, 0) is 16.2 Å². The number of benzene rings is 2. The molecule has 2 aromatic carbocycles. The highest BCUT2D eigenvalue weighted by Crippen LogP contribution is 2.31. The number of carbonyl (C=O) groups excluding carboxylic acids is 1. The van der Waals surface area contributed by atoms with E-state index < -0.39 is 33.8 Å². The van der Waals surface area contributed by atoms with E-state index in [0.29, 0.717) is 6.07 Å². The third kappa shape index (κ3) is 5.60. The Morgan fingerprint density at radius 2 is 1.89 bits per heavy atom. The summed E-state index contributed by atoms with van der Waals surface area (Å²) in [5.74, 6) is -0.706. The number of hydrogen-bond acceptors (Lipinski definition) is 4. The number of aliphatic hydroxyl groups excluding tert-OH is 1. The number of aliphatic hydroxyl groups is 1. The Kier molecular flexibility index (Phi) is 6.58. The van der Waals surface area contributed by atoms with Crippen molar-refractivity contribution < 1.29 is 31.5 Å². The van der Waals surface area contributed by atoms with Crippen LogP contribution in [0.5, 0.6) is 0 Å². The van der Waals surface area contributed by atoms with E-state index in [1.54, 1.807) is 0 Å². The first kappa shape index (κ1) is 22.0. The van der Waals surface area contributed by atoms with Crippen molar-refractivity contribution in [3.05, 3.63) is 58.6 Å².